The van der Waals surface area contributed by atoms with Crippen LogP contribution in [-0.4, -0.2) is 18.3 Å². The molecule has 116 valence electrons. The van der Waals surface area contributed by atoms with Gasteiger partial charge in [-0.1, -0.05) is 18.9 Å². The van der Waals surface area contributed by atoms with Crippen LogP contribution in [0.3, 0.4) is 0 Å². The van der Waals surface area contributed by atoms with Crippen LogP contribution in [0.4, 0.5) is 5.69 Å². The lowest BCUT2D eigenvalue weighted by Crippen LogP contribution is -2.20. The molecule has 2 aromatic carbocycles. The predicted molar refractivity (Wildman–Crippen MR) is 89.6 cm³/mol. The molecule has 4 heteroatoms. The molecule has 0 aliphatic carbocycles. The predicted octanol–water partition coefficient (Wildman–Crippen LogP) is 3.28. The van der Waals surface area contributed by atoms with Gasteiger partial charge in [0.05, 0.1) is 0 Å². The van der Waals surface area contributed by atoms with E-state index in [9.17, 15) is 9.59 Å². The maximum atomic E-state index is 11.9. The average molecular weight is 307 g/mol. The van der Waals surface area contributed by atoms with Crippen molar-refractivity contribution in [3.63, 3.8) is 0 Å². The number of hydrogen-bond donors (Lipinski definition) is 1. The quantitative estimate of drug-likeness (QED) is 0.658. The van der Waals surface area contributed by atoms with Crippen molar-refractivity contribution in [1.82, 2.24) is 0 Å². The number of ketones is 1. The normalized spacial score (nSPS) is 9.74. The highest BCUT2D eigenvalue weighted by molar-refractivity contribution is 5.96. The number of benzene rings is 2. The molecule has 0 spiro atoms. The van der Waals surface area contributed by atoms with Gasteiger partial charge < -0.3 is 10.1 Å². The maximum Gasteiger partial charge on any atom is 0.262 e. The Bertz CT molecular complexity index is 742. The Hall–Kier alpha value is -3.06. The van der Waals surface area contributed by atoms with Gasteiger partial charge in [0, 0.05) is 23.2 Å². The molecule has 23 heavy (non-hydrogen) atoms. The highest BCUT2D eigenvalue weighted by Gasteiger charge is 2.06. The Balaban J connectivity index is 1.89. The van der Waals surface area contributed by atoms with Crippen molar-refractivity contribution < 1.29 is 14.3 Å². The van der Waals surface area contributed by atoms with Gasteiger partial charge in [-0.2, -0.15) is 0 Å². The number of terminal acetylenes is 1. The molecule has 0 aromatic heterocycles. The molecule has 1 N–H and O–H groups in total. The molecule has 0 unspecified atom stereocenters. The summed E-state index contributed by atoms with van der Waals surface area (Å²) < 4.78 is 5.40. The molecule has 0 aliphatic heterocycles. The van der Waals surface area contributed by atoms with E-state index in [0.717, 1.165) is 0 Å². The Morgan fingerprint density at radius 2 is 1.91 bits per heavy atom. The summed E-state index contributed by atoms with van der Waals surface area (Å²) in [6.45, 7) is 1.69. The Kier molecular flexibility index (Phi) is 5.54. The van der Waals surface area contributed by atoms with Crippen LogP contribution in [0.25, 0.3) is 0 Å². The number of anilines is 1. The second-order valence-corrected chi connectivity index (χ2v) is 4.86. The zero-order valence-corrected chi connectivity index (χ0v) is 12.8. The molecule has 0 saturated carbocycles. The molecule has 1 amide bonds. The third kappa shape index (κ3) is 4.72. The van der Waals surface area contributed by atoms with Crippen molar-refractivity contribution in [2.45, 2.75) is 13.3 Å². The summed E-state index contributed by atoms with van der Waals surface area (Å²) in [4.78, 5) is 23.4. The topological polar surface area (TPSA) is 55.4 Å². The van der Waals surface area contributed by atoms with Crippen LogP contribution in [0.2, 0.25) is 0 Å². The van der Waals surface area contributed by atoms with Gasteiger partial charge in [0.1, 0.15) is 5.75 Å². The Morgan fingerprint density at radius 3 is 2.57 bits per heavy atom. The van der Waals surface area contributed by atoms with Gasteiger partial charge in [0.15, 0.2) is 12.4 Å². The molecular formula is C19H17NO3. The minimum atomic E-state index is -0.284. The molecule has 0 bridgehead atoms. The van der Waals surface area contributed by atoms with E-state index in [0.29, 0.717) is 29.0 Å². The van der Waals surface area contributed by atoms with E-state index in [2.05, 4.69) is 11.2 Å². The van der Waals surface area contributed by atoms with Crippen LogP contribution in [0.5, 0.6) is 5.75 Å². The zero-order valence-electron chi connectivity index (χ0n) is 12.8. The first-order chi connectivity index (χ1) is 11.1. The van der Waals surface area contributed by atoms with Gasteiger partial charge in [0.25, 0.3) is 5.91 Å². The second-order valence-electron chi connectivity index (χ2n) is 4.86. The van der Waals surface area contributed by atoms with Gasteiger partial charge in [-0.3, -0.25) is 9.59 Å². The zero-order chi connectivity index (χ0) is 16.7. The lowest BCUT2D eigenvalue weighted by atomic mass is 10.1. The van der Waals surface area contributed by atoms with Crippen LogP contribution in [0.15, 0.2) is 48.5 Å². The fourth-order valence-electron chi connectivity index (χ4n) is 1.97. The van der Waals surface area contributed by atoms with Crippen molar-refractivity contribution in [1.29, 1.82) is 0 Å². The Labute approximate surface area is 135 Å². The third-order valence-corrected chi connectivity index (χ3v) is 3.18. The number of ether oxygens (including phenoxy) is 1. The SMILES string of the molecule is C#Cc1cccc(NC(=O)COc2ccc(C(=O)CC)cc2)c1. The fourth-order valence-corrected chi connectivity index (χ4v) is 1.97. The lowest BCUT2D eigenvalue weighted by molar-refractivity contribution is -0.118. The third-order valence-electron chi connectivity index (χ3n) is 3.18. The smallest absolute Gasteiger partial charge is 0.262 e. The summed E-state index contributed by atoms with van der Waals surface area (Å²) in [5.74, 6) is 2.83. The van der Waals surface area contributed by atoms with E-state index in [1.54, 1.807) is 48.5 Å². The Morgan fingerprint density at radius 1 is 1.17 bits per heavy atom. The minimum absolute atomic E-state index is 0.0719. The first kappa shape index (κ1) is 16.3. The number of carbonyl (C=O) groups is 2. The number of Topliss-reactive ketones (excluding diaryl/α,β-unsaturated/α-hetero) is 1. The lowest BCUT2D eigenvalue weighted by Gasteiger charge is -2.08. The van der Waals surface area contributed by atoms with E-state index >= 15 is 0 Å². The molecule has 0 heterocycles. The molecule has 4 nitrogen and oxygen atoms in total. The van der Waals surface area contributed by atoms with Gasteiger partial charge in [-0.25, -0.2) is 0 Å². The van der Waals surface area contributed by atoms with Crippen LogP contribution in [-0.2, 0) is 4.79 Å². The monoisotopic (exact) mass is 307 g/mol. The van der Waals surface area contributed by atoms with Crippen LogP contribution in [0.1, 0.15) is 29.3 Å². The molecule has 0 atom stereocenters. The summed E-state index contributed by atoms with van der Waals surface area (Å²) in [6, 6.07) is 13.8. The van der Waals surface area contributed by atoms with E-state index in [1.165, 1.54) is 0 Å². The number of nitrogens with one attached hydrogen (secondary N) is 1. The highest BCUT2D eigenvalue weighted by atomic mass is 16.5. The van der Waals surface area contributed by atoms with Crippen LogP contribution >= 0.6 is 0 Å². The molecular weight excluding hydrogens is 290 g/mol. The number of amides is 1. The number of hydrogen-bond acceptors (Lipinski definition) is 3. The van der Waals surface area contributed by atoms with E-state index in [1.807, 2.05) is 6.92 Å². The second kappa shape index (κ2) is 7.81. The molecule has 0 aliphatic rings. The van der Waals surface area contributed by atoms with Gasteiger partial charge in [-0.15, -0.1) is 6.42 Å². The highest BCUT2D eigenvalue weighted by Crippen LogP contribution is 2.14. The standard InChI is InChI=1S/C19H17NO3/c1-3-14-6-5-7-16(12-14)20-19(22)13-23-17-10-8-15(9-11-17)18(21)4-2/h1,5-12H,4,13H2,2H3,(H,20,22). The minimum Gasteiger partial charge on any atom is -0.484 e. The van der Waals surface area contributed by atoms with Crippen molar-refractivity contribution in [3.8, 4) is 18.1 Å². The van der Waals surface area contributed by atoms with E-state index in [-0.39, 0.29) is 18.3 Å². The fraction of sp³-hybridized carbons (Fsp3) is 0.158. The van der Waals surface area contributed by atoms with Crippen molar-refractivity contribution >= 4 is 17.4 Å². The van der Waals surface area contributed by atoms with Crippen molar-refractivity contribution in [3.05, 3.63) is 59.7 Å². The summed E-state index contributed by atoms with van der Waals surface area (Å²) in [7, 11) is 0. The van der Waals surface area contributed by atoms with Gasteiger partial charge in [-0.05, 0) is 42.5 Å². The summed E-state index contributed by atoms with van der Waals surface area (Å²) in [5, 5.41) is 2.71. The summed E-state index contributed by atoms with van der Waals surface area (Å²) in [5.41, 5.74) is 1.95. The van der Waals surface area contributed by atoms with Crippen LogP contribution in [0, 0.1) is 12.3 Å². The van der Waals surface area contributed by atoms with Gasteiger partial charge >= 0.3 is 0 Å². The number of carbonyl (C=O) groups excluding carboxylic acids is 2. The van der Waals surface area contributed by atoms with E-state index in [4.69, 9.17) is 11.2 Å². The largest absolute Gasteiger partial charge is 0.484 e. The molecule has 2 rings (SSSR count). The van der Waals surface area contributed by atoms with Crippen molar-refractivity contribution in [2.24, 2.45) is 0 Å². The van der Waals surface area contributed by atoms with Crippen molar-refractivity contribution in [2.75, 3.05) is 11.9 Å². The maximum absolute atomic E-state index is 11.9. The first-order valence-electron chi connectivity index (χ1n) is 7.25. The summed E-state index contributed by atoms with van der Waals surface area (Å²) in [6.07, 6.45) is 5.77. The van der Waals surface area contributed by atoms with Crippen LogP contribution < -0.4 is 10.1 Å². The molecule has 0 saturated heterocycles. The summed E-state index contributed by atoms with van der Waals surface area (Å²) >= 11 is 0. The molecule has 0 fully saturated rings. The first-order valence-corrected chi connectivity index (χ1v) is 7.25. The van der Waals surface area contributed by atoms with Gasteiger partial charge in [0.2, 0.25) is 0 Å². The molecule has 0 radical (unpaired) electrons. The van der Waals surface area contributed by atoms with E-state index < -0.39 is 0 Å². The average Bonchev–Trinajstić information content (AvgIpc) is 2.60. The number of rotatable bonds is 6. The molecule has 2 aromatic rings.